The molecule has 1 rings (SSSR count). The lowest BCUT2D eigenvalue weighted by atomic mass is 10.2. The SMILES string of the molecule is CCC1(CC)SCCCS1. The van der Waals surface area contributed by atoms with Gasteiger partial charge in [-0.1, -0.05) is 13.8 Å². The van der Waals surface area contributed by atoms with Crippen LogP contribution in [0.5, 0.6) is 0 Å². The summed E-state index contributed by atoms with van der Waals surface area (Å²) in [6.45, 7) is 4.63. The molecule has 10 heavy (non-hydrogen) atoms. The third kappa shape index (κ3) is 1.85. The van der Waals surface area contributed by atoms with Gasteiger partial charge in [-0.05, 0) is 30.8 Å². The first-order valence-electron chi connectivity index (χ1n) is 4.11. The molecule has 0 spiro atoms. The molecule has 1 fully saturated rings. The number of thioether (sulfide) groups is 2. The monoisotopic (exact) mass is 176 g/mol. The molecule has 0 nitrogen and oxygen atoms in total. The Kier molecular flexibility index (Phi) is 3.44. The molecule has 60 valence electrons. The quantitative estimate of drug-likeness (QED) is 0.632. The van der Waals surface area contributed by atoms with Gasteiger partial charge in [-0.2, -0.15) is 0 Å². The fourth-order valence-corrected chi connectivity index (χ4v) is 4.43. The van der Waals surface area contributed by atoms with Crippen LogP contribution in [0.1, 0.15) is 33.1 Å². The topological polar surface area (TPSA) is 0 Å². The summed E-state index contributed by atoms with van der Waals surface area (Å²) in [5, 5.41) is 0. The van der Waals surface area contributed by atoms with Crippen molar-refractivity contribution in [2.24, 2.45) is 0 Å². The van der Waals surface area contributed by atoms with E-state index < -0.39 is 0 Å². The van der Waals surface area contributed by atoms with Gasteiger partial charge in [-0.3, -0.25) is 0 Å². The van der Waals surface area contributed by atoms with Crippen LogP contribution in [-0.4, -0.2) is 15.6 Å². The molecule has 0 N–H and O–H groups in total. The lowest BCUT2D eigenvalue weighted by Gasteiger charge is -2.34. The zero-order valence-electron chi connectivity index (χ0n) is 6.85. The highest BCUT2D eigenvalue weighted by Crippen LogP contribution is 2.46. The van der Waals surface area contributed by atoms with Gasteiger partial charge in [-0.15, -0.1) is 23.5 Å². The Bertz CT molecular complexity index is 89.4. The van der Waals surface area contributed by atoms with Crippen LogP contribution in [0.3, 0.4) is 0 Å². The highest BCUT2D eigenvalue weighted by atomic mass is 32.2. The summed E-state index contributed by atoms with van der Waals surface area (Å²) in [5.74, 6) is 2.77. The minimum Gasteiger partial charge on any atom is -0.144 e. The van der Waals surface area contributed by atoms with Crippen molar-refractivity contribution in [2.45, 2.75) is 37.2 Å². The van der Waals surface area contributed by atoms with Crippen LogP contribution < -0.4 is 0 Å². The van der Waals surface area contributed by atoms with E-state index in [-0.39, 0.29) is 0 Å². The molecule has 1 saturated heterocycles. The van der Waals surface area contributed by atoms with Crippen LogP contribution in [0.25, 0.3) is 0 Å². The maximum atomic E-state index is 2.31. The minimum absolute atomic E-state index is 0.595. The zero-order chi connectivity index (χ0) is 7.45. The molecule has 0 aliphatic carbocycles. The third-order valence-corrected chi connectivity index (χ3v) is 6.00. The summed E-state index contributed by atoms with van der Waals surface area (Å²) in [4.78, 5) is 0. The van der Waals surface area contributed by atoms with E-state index in [2.05, 4.69) is 37.4 Å². The molecule has 0 aromatic carbocycles. The maximum Gasteiger partial charge on any atom is 0.0605 e. The number of rotatable bonds is 2. The Morgan fingerprint density at radius 3 is 1.90 bits per heavy atom. The minimum atomic E-state index is 0.595. The second kappa shape index (κ2) is 3.91. The van der Waals surface area contributed by atoms with Crippen molar-refractivity contribution in [2.75, 3.05) is 11.5 Å². The highest BCUT2D eigenvalue weighted by Gasteiger charge is 2.29. The molecular weight excluding hydrogens is 160 g/mol. The Morgan fingerprint density at radius 2 is 1.60 bits per heavy atom. The van der Waals surface area contributed by atoms with E-state index in [1.165, 1.54) is 30.8 Å². The summed E-state index contributed by atoms with van der Waals surface area (Å²) in [6.07, 6.45) is 4.08. The van der Waals surface area contributed by atoms with E-state index in [0.29, 0.717) is 4.08 Å². The van der Waals surface area contributed by atoms with Gasteiger partial charge in [-0.25, -0.2) is 0 Å². The maximum absolute atomic E-state index is 2.31. The van der Waals surface area contributed by atoms with Crippen molar-refractivity contribution < 1.29 is 0 Å². The molecule has 1 aliphatic heterocycles. The summed E-state index contributed by atoms with van der Waals surface area (Å²) in [7, 11) is 0. The Balaban J connectivity index is 2.44. The fraction of sp³-hybridized carbons (Fsp3) is 1.00. The molecule has 0 saturated carbocycles. The second-order valence-corrected chi connectivity index (χ2v) is 5.88. The molecule has 0 aromatic rings. The Labute approximate surface area is 72.5 Å². The van der Waals surface area contributed by atoms with Crippen molar-refractivity contribution in [3.63, 3.8) is 0 Å². The van der Waals surface area contributed by atoms with Crippen LogP contribution >= 0.6 is 23.5 Å². The van der Waals surface area contributed by atoms with Gasteiger partial charge in [0.05, 0.1) is 4.08 Å². The van der Waals surface area contributed by atoms with Gasteiger partial charge in [0.15, 0.2) is 0 Å². The molecule has 2 heteroatoms. The molecule has 0 atom stereocenters. The predicted octanol–water partition coefficient (Wildman–Crippen LogP) is 3.37. The standard InChI is InChI=1S/C8H16S2/c1-3-8(4-2)9-6-5-7-10-8/h3-7H2,1-2H3. The first-order valence-corrected chi connectivity index (χ1v) is 6.08. The molecule has 0 bridgehead atoms. The van der Waals surface area contributed by atoms with Gasteiger partial charge < -0.3 is 0 Å². The first-order chi connectivity index (χ1) is 4.83. The lowest BCUT2D eigenvalue weighted by molar-refractivity contribution is 0.730. The molecule has 0 aromatic heterocycles. The van der Waals surface area contributed by atoms with Gasteiger partial charge in [0, 0.05) is 0 Å². The summed E-state index contributed by atoms with van der Waals surface area (Å²) in [6, 6.07) is 0. The molecule has 1 heterocycles. The third-order valence-electron chi connectivity index (χ3n) is 2.10. The van der Waals surface area contributed by atoms with E-state index in [1.54, 1.807) is 0 Å². The molecular formula is C8H16S2. The molecule has 1 aliphatic rings. The van der Waals surface area contributed by atoms with E-state index in [4.69, 9.17) is 0 Å². The number of hydrogen-bond donors (Lipinski definition) is 0. The normalized spacial score (nSPS) is 24.6. The zero-order valence-corrected chi connectivity index (χ0v) is 8.49. The second-order valence-electron chi connectivity index (χ2n) is 2.67. The van der Waals surface area contributed by atoms with Crippen LogP contribution in [0.15, 0.2) is 0 Å². The first kappa shape index (κ1) is 8.79. The van der Waals surface area contributed by atoms with Crippen molar-refractivity contribution in [3.8, 4) is 0 Å². The van der Waals surface area contributed by atoms with E-state index in [0.717, 1.165) is 0 Å². The largest absolute Gasteiger partial charge is 0.144 e. The van der Waals surface area contributed by atoms with Crippen molar-refractivity contribution in [1.29, 1.82) is 0 Å². The average Bonchev–Trinajstić information content (AvgIpc) is 2.06. The van der Waals surface area contributed by atoms with Gasteiger partial charge in [0.25, 0.3) is 0 Å². The summed E-state index contributed by atoms with van der Waals surface area (Å²) in [5.41, 5.74) is 0. The Morgan fingerprint density at radius 1 is 1.10 bits per heavy atom. The predicted molar refractivity (Wildman–Crippen MR) is 52.8 cm³/mol. The highest BCUT2D eigenvalue weighted by molar-refractivity contribution is 8.18. The molecule has 0 unspecified atom stereocenters. The number of hydrogen-bond acceptors (Lipinski definition) is 2. The smallest absolute Gasteiger partial charge is 0.0605 e. The molecule has 0 radical (unpaired) electrons. The van der Waals surface area contributed by atoms with E-state index in [1.807, 2.05) is 0 Å². The summed E-state index contributed by atoms with van der Waals surface area (Å²) < 4.78 is 0.595. The summed E-state index contributed by atoms with van der Waals surface area (Å²) >= 11 is 4.35. The fourth-order valence-electron chi connectivity index (χ4n) is 1.28. The van der Waals surface area contributed by atoms with Gasteiger partial charge in [0.2, 0.25) is 0 Å². The van der Waals surface area contributed by atoms with E-state index >= 15 is 0 Å². The van der Waals surface area contributed by atoms with Crippen LogP contribution in [0.4, 0.5) is 0 Å². The van der Waals surface area contributed by atoms with E-state index in [9.17, 15) is 0 Å². The van der Waals surface area contributed by atoms with Crippen LogP contribution in [-0.2, 0) is 0 Å². The van der Waals surface area contributed by atoms with Crippen LogP contribution in [0, 0.1) is 0 Å². The Hall–Kier alpha value is 0.700. The van der Waals surface area contributed by atoms with Gasteiger partial charge >= 0.3 is 0 Å². The van der Waals surface area contributed by atoms with Crippen LogP contribution in [0.2, 0.25) is 0 Å². The molecule has 0 amide bonds. The lowest BCUT2D eigenvalue weighted by Crippen LogP contribution is -2.22. The van der Waals surface area contributed by atoms with Crippen molar-refractivity contribution in [1.82, 2.24) is 0 Å². The van der Waals surface area contributed by atoms with Gasteiger partial charge in [0.1, 0.15) is 0 Å². The average molecular weight is 176 g/mol. The van der Waals surface area contributed by atoms with Crippen molar-refractivity contribution >= 4 is 23.5 Å². The van der Waals surface area contributed by atoms with Crippen molar-refractivity contribution in [3.05, 3.63) is 0 Å².